The molecule has 0 aromatic heterocycles. The molecule has 3 rings (SSSR count). The van der Waals surface area contributed by atoms with Crippen LogP contribution in [0.15, 0.2) is 53.4 Å². The Kier molecular flexibility index (Phi) is 5.55. The largest absolute Gasteiger partial charge is 0.295 e. The summed E-state index contributed by atoms with van der Waals surface area (Å²) in [7, 11) is -3.58. The number of carbonyl (C=O) groups is 1. The zero-order valence-corrected chi connectivity index (χ0v) is 15.9. The highest BCUT2D eigenvalue weighted by molar-refractivity contribution is 7.89. The van der Waals surface area contributed by atoms with Gasteiger partial charge in [0.2, 0.25) is 10.0 Å². The predicted octanol–water partition coefficient (Wildman–Crippen LogP) is 2.61. The minimum absolute atomic E-state index is 0.0825. The fourth-order valence-electron chi connectivity index (χ4n) is 3.21. The molecule has 1 heterocycles. The molecule has 1 atom stereocenters. The minimum atomic E-state index is -3.58. The summed E-state index contributed by atoms with van der Waals surface area (Å²) in [6, 6.07) is 14.5. The number of sulfonamides is 1. The van der Waals surface area contributed by atoms with Gasteiger partial charge in [-0.05, 0) is 43.5 Å². The number of carbonyl (C=O) groups excluding carboxylic acids is 1. The van der Waals surface area contributed by atoms with Gasteiger partial charge < -0.3 is 0 Å². The second-order valence-corrected chi connectivity index (χ2v) is 8.54. The molecule has 0 bridgehead atoms. The van der Waals surface area contributed by atoms with Crippen molar-refractivity contribution >= 4 is 15.8 Å². The number of hydrogen-bond acceptors (Lipinski definition) is 4. The van der Waals surface area contributed by atoms with Crippen LogP contribution < -0.4 is 4.72 Å². The third kappa shape index (κ3) is 4.20. The maximum atomic E-state index is 12.5. The average molecular weight is 372 g/mol. The molecule has 1 unspecified atom stereocenters. The third-order valence-electron chi connectivity index (χ3n) is 4.92. The fourth-order valence-corrected chi connectivity index (χ4v) is 4.33. The molecule has 0 saturated heterocycles. The van der Waals surface area contributed by atoms with E-state index >= 15 is 0 Å². The molecule has 0 spiro atoms. The lowest BCUT2D eigenvalue weighted by Gasteiger charge is -2.33. The first-order chi connectivity index (χ1) is 12.4. The van der Waals surface area contributed by atoms with Crippen LogP contribution in [0.25, 0.3) is 0 Å². The summed E-state index contributed by atoms with van der Waals surface area (Å²) in [6.07, 6.45) is 0.986. The van der Waals surface area contributed by atoms with Gasteiger partial charge in [0.15, 0.2) is 5.78 Å². The molecule has 0 saturated carbocycles. The third-order valence-corrected chi connectivity index (χ3v) is 6.36. The molecule has 26 heavy (non-hydrogen) atoms. The van der Waals surface area contributed by atoms with Gasteiger partial charge in [-0.2, -0.15) is 0 Å². The molecule has 5 nitrogen and oxygen atoms in total. The monoisotopic (exact) mass is 372 g/mol. The summed E-state index contributed by atoms with van der Waals surface area (Å²) in [5.74, 6) is -0.0825. The molecule has 0 fully saturated rings. The normalized spacial score (nSPS) is 16.1. The van der Waals surface area contributed by atoms with E-state index in [4.69, 9.17) is 0 Å². The Morgan fingerprint density at radius 1 is 1.12 bits per heavy atom. The van der Waals surface area contributed by atoms with Crippen LogP contribution >= 0.6 is 0 Å². The Morgan fingerprint density at radius 2 is 1.77 bits per heavy atom. The highest BCUT2D eigenvalue weighted by Crippen LogP contribution is 2.20. The van der Waals surface area contributed by atoms with E-state index in [9.17, 15) is 13.2 Å². The van der Waals surface area contributed by atoms with Crippen molar-refractivity contribution < 1.29 is 13.2 Å². The number of hydrogen-bond donors (Lipinski definition) is 1. The first-order valence-corrected chi connectivity index (χ1v) is 10.3. The van der Waals surface area contributed by atoms with Gasteiger partial charge >= 0.3 is 0 Å². The van der Waals surface area contributed by atoms with Crippen molar-refractivity contribution in [2.75, 3.05) is 13.1 Å². The van der Waals surface area contributed by atoms with Crippen LogP contribution in [0, 0.1) is 0 Å². The lowest BCUT2D eigenvalue weighted by atomic mass is 9.99. The molecule has 0 aliphatic carbocycles. The van der Waals surface area contributed by atoms with Crippen molar-refractivity contribution in [3.8, 4) is 0 Å². The van der Waals surface area contributed by atoms with E-state index in [2.05, 4.69) is 27.8 Å². The lowest BCUT2D eigenvalue weighted by Crippen LogP contribution is -2.44. The highest BCUT2D eigenvalue weighted by Gasteiger charge is 2.22. The van der Waals surface area contributed by atoms with Crippen LogP contribution in [0.5, 0.6) is 0 Å². The summed E-state index contributed by atoms with van der Waals surface area (Å²) in [4.78, 5) is 13.8. The number of ketones is 1. The Morgan fingerprint density at radius 3 is 2.42 bits per heavy atom. The van der Waals surface area contributed by atoms with Gasteiger partial charge in [-0.15, -0.1) is 0 Å². The summed E-state index contributed by atoms with van der Waals surface area (Å²) >= 11 is 0. The summed E-state index contributed by atoms with van der Waals surface area (Å²) in [5, 5.41) is 0. The highest BCUT2D eigenvalue weighted by atomic mass is 32.2. The van der Waals surface area contributed by atoms with Crippen molar-refractivity contribution in [2.24, 2.45) is 0 Å². The molecule has 0 amide bonds. The molecule has 2 aromatic rings. The Labute approximate surface area is 155 Å². The van der Waals surface area contributed by atoms with Crippen LogP contribution in [-0.4, -0.2) is 38.2 Å². The summed E-state index contributed by atoms with van der Waals surface area (Å²) < 4.78 is 27.7. The second kappa shape index (κ2) is 7.70. The molecule has 0 radical (unpaired) electrons. The average Bonchev–Trinajstić information content (AvgIpc) is 2.66. The standard InChI is InChI=1S/C20H24N2O3S/c1-15(22-12-11-18-5-3-4-6-19(18)14-22)13-21-26(24,25)20-9-7-17(8-10-20)16(2)23/h3-10,15,21H,11-14H2,1-2H3. The number of nitrogens with one attached hydrogen (secondary N) is 1. The van der Waals surface area contributed by atoms with E-state index in [-0.39, 0.29) is 16.7 Å². The summed E-state index contributed by atoms with van der Waals surface area (Å²) in [5.41, 5.74) is 3.19. The molecule has 1 N–H and O–H groups in total. The number of benzene rings is 2. The van der Waals surface area contributed by atoms with Crippen LogP contribution in [0.2, 0.25) is 0 Å². The van der Waals surface area contributed by atoms with Crippen LogP contribution in [0.3, 0.4) is 0 Å². The number of Topliss-reactive ketones (excluding diaryl/α,β-unsaturated/α-hetero) is 1. The number of rotatable bonds is 6. The maximum Gasteiger partial charge on any atom is 0.240 e. The quantitative estimate of drug-likeness (QED) is 0.792. The first-order valence-electron chi connectivity index (χ1n) is 8.78. The van der Waals surface area contributed by atoms with E-state index in [0.717, 1.165) is 19.5 Å². The number of fused-ring (bicyclic) bond motifs is 1. The molecule has 1 aliphatic heterocycles. The lowest BCUT2D eigenvalue weighted by molar-refractivity contribution is 0.101. The SMILES string of the molecule is CC(=O)c1ccc(S(=O)(=O)NCC(C)N2CCc3ccccc3C2)cc1. The second-order valence-electron chi connectivity index (χ2n) is 6.77. The molecule has 138 valence electrons. The van der Waals surface area contributed by atoms with E-state index in [1.54, 1.807) is 12.1 Å². The maximum absolute atomic E-state index is 12.5. The van der Waals surface area contributed by atoms with Crippen molar-refractivity contribution in [3.63, 3.8) is 0 Å². The smallest absolute Gasteiger partial charge is 0.240 e. The predicted molar refractivity (Wildman–Crippen MR) is 102 cm³/mol. The molecular formula is C20H24N2O3S. The van der Waals surface area contributed by atoms with Crippen molar-refractivity contribution in [3.05, 3.63) is 65.2 Å². The molecule has 2 aromatic carbocycles. The first kappa shape index (κ1) is 18.8. The van der Waals surface area contributed by atoms with E-state index in [1.165, 1.54) is 30.2 Å². The van der Waals surface area contributed by atoms with Gasteiger partial charge in [0.05, 0.1) is 4.90 Å². The Hall–Kier alpha value is -2.02. The summed E-state index contributed by atoms with van der Waals surface area (Å²) in [6.45, 7) is 5.61. The number of nitrogens with zero attached hydrogens (tertiary/aromatic N) is 1. The minimum Gasteiger partial charge on any atom is -0.295 e. The van der Waals surface area contributed by atoms with Gasteiger partial charge in [0.1, 0.15) is 0 Å². The van der Waals surface area contributed by atoms with Crippen LogP contribution in [0.1, 0.15) is 35.3 Å². The molecule has 1 aliphatic rings. The van der Waals surface area contributed by atoms with Crippen molar-refractivity contribution in [1.82, 2.24) is 9.62 Å². The van der Waals surface area contributed by atoms with Crippen molar-refractivity contribution in [1.29, 1.82) is 0 Å². The van der Waals surface area contributed by atoms with E-state index in [1.807, 2.05) is 13.0 Å². The van der Waals surface area contributed by atoms with Gasteiger partial charge in [0.25, 0.3) is 0 Å². The van der Waals surface area contributed by atoms with Gasteiger partial charge in [0, 0.05) is 31.2 Å². The van der Waals surface area contributed by atoms with Gasteiger partial charge in [-0.1, -0.05) is 36.4 Å². The van der Waals surface area contributed by atoms with Crippen molar-refractivity contribution in [2.45, 2.75) is 37.8 Å². The van der Waals surface area contributed by atoms with E-state index in [0.29, 0.717) is 12.1 Å². The zero-order chi connectivity index (χ0) is 18.7. The molecule has 6 heteroatoms. The van der Waals surface area contributed by atoms with Crippen LogP contribution in [-0.2, 0) is 23.0 Å². The Balaban J connectivity index is 1.61. The molecular weight excluding hydrogens is 348 g/mol. The van der Waals surface area contributed by atoms with E-state index < -0.39 is 10.0 Å². The zero-order valence-electron chi connectivity index (χ0n) is 15.1. The fraction of sp³-hybridized carbons (Fsp3) is 0.350. The Bertz CT molecular complexity index is 892. The van der Waals surface area contributed by atoms with Gasteiger partial charge in [-0.3, -0.25) is 9.69 Å². The van der Waals surface area contributed by atoms with Crippen LogP contribution in [0.4, 0.5) is 0 Å². The topological polar surface area (TPSA) is 66.5 Å². The van der Waals surface area contributed by atoms with Gasteiger partial charge in [-0.25, -0.2) is 13.1 Å².